The second-order valence-corrected chi connectivity index (χ2v) is 4.77. The fourth-order valence-electron chi connectivity index (χ4n) is 1.64. The molecule has 0 bridgehead atoms. The highest BCUT2D eigenvalue weighted by Gasteiger charge is 2.23. The first-order chi connectivity index (χ1) is 8.97. The quantitative estimate of drug-likeness (QED) is 0.785. The number of hydrogen-bond acceptors (Lipinski definition) is 4. The van der Waals surface area contributed by atoms with E-state index in [1.807, 2.05) is 0 Å². The summed E-state index contributed by atoms with van der Waals surface area (Å²) < 4.78 is 9.24. The first-order valence-corrected chi connectivity index (χ1v) is 6.32. The van der Waals surface area contributed by atoms with Crippen LogP contribution in [0.5, 0.6) is 0 Å². The Balaban J connectivity index is 2.84. The zero-order valence-electron chi connectivity index (χ0n) is 10.6. The van der Waals surface area contributed by atoms with E-state index >= 15 is 0 Å². The molecule has 0 saturated carbocycles. The number of carbonyl (C=O) groups is 2. The van der Waals surface area contributed by atoms with Crippen LogP contribution in [0.2, 0.25) is 10.0 Å². The largest absolute Gasteiger partial charge is 0.469 e. The second kappa shape index (κ2) is 7.36. The van der Waals surface area contributed by atoms with Crippen molar-refractivity contribution in [2.24, 2.45) is 5.92 Å². The maximum Gasteiger partial charge on any atom is 0.309 e. The van der Waals surface area contributed by atoms with Crippen molar-refractivity contribution < 1.29 is 19.1 Å². The van der Waals surface area contributed by atoms with Gasteiger partial charge < -0.3 is 9.47 Å². The Morgan fingerprint density at radius 1 is 1.16 bits per heavy atom. The lowest BCUT2D eigenvalue weighted by atomic mass is 9.96. The van der Waals surface area contributed by atoms with Gasteiger partial charge in [-0.2, -0.15) is 0 Å². The van der Waals surface area contributed by atoms with Crippen molar-refractivity contribution >= 4 is 35.1 Å². The third-order valence-corrected chi connectivity index (χ3v) is 3.38. The highest BCUT2D eigenvalue weighted by molar-refractivity contribution is 6.42. The molecule has 19 heavy (non-hydrogen) atoms. The third kappa shape index (κ3) is 4.73. The first-order valence-electron chi connectivity index (χ1n) is 5.56. The average molecular weight is 305 g/mol. The normalized spacial score (nSPS) is 11.8. The van der Waals surface area contributed by atoms with Crippen molar-refractivity contribution in [3.8, 4) is 0 Å². The van der Waals surface area contributed by atoms with E-state index in [1.165, 1.54) is 14.2 Å². The SMILES string of the molecule is COC(=O)CC(Cc1ccc(Cl)c(Cl)c1)C(=O)OC. The third-order valence-electron chi connectivity index (χ3n) is 2.64. The van der Waals surface area contributed by atoms with Crippen LogP contribution in [-0.2, 0) is 25.5 Å². The molecule has 0 aliphatic carbocycles. The summed E-state index contributed by atoms with van der Waals surface area (Å²) in [7, 11) is 2.55. The van der Waals surface area contributed by atoms with Gasteiger partial charge in [0.15, 0.2) is 0 Å². The lowest BCUT2D eigenvalue weighted by Crippen LogP contribution is -2.22. The molecule has 104 valence electrons. The van der Waals surface area contributed by atoms with Crippen molar-refractivity contribution in [3.63, 3.8) is 0 Å². The highest BCUT2D eigenvalue weighted by Crippen LogP contribution is 2.24. The molecule has 1 atom stereocenters. The summed E-state index contributed by atoms with van der Waals surface area (Å²) >= 11 is 11.7. The van der Waals surface area contributed by atoms with Crippen LogP contribution in [0.1, 0.15) is 12.0 Å². The zero-order chi connectivity index (χ0) is 14.4. The van der Waals surface area contributed by atoms with Crippen molar-refractivity contribution in [2.45, 2.75) is 12.8 Å². The number of halogens is 2. The van der Waals surface area contributed by atoms with Crippen molar-refractivity contribution in [1.82, 2.24) is 0 Å². The van der Waals surface area contributed by atoms with Crippen molar-refractivity contribution in [2.75, 3.05) is 14.2 Å². The van der Waals surface area contributed by atoms with Crippen molar-refractivity contribution in [3.05, 3.63) is 33.8 Å². The monoisotopic (exact) mass is 304 g/mol. The van der Waals surface area contributed by atoms with Crippen LogP contribution in [0.4, 0.5) is 0 Å². The van der Waals surface area contributed by atoms with Crippen LogP contribution in [0.3, 0.4) is 0 Å². The second-order valence-electron chi connectivity index (χ2n) is 3.95. The van der Waals surface area contributed by atoms with Gasteiger partial charge in [-0.15, -0.1) is 0 Å². The number of esters is 2. The average Bonchev–Trinajstić information content (AvgIpc) is 2.41. The number of benzene rings is 1. The van der Waals surface area contributed by atoms with Crippen LogP contribution in [0.25, 0.3) is 0 Å². The fraction of sp³-hybridized carbons (Fsp3) is 0.385. The van der Waals surface area contributed by atoms with E-state index in [4.69, 9.17) is 23.2 Å². The zero-order valence-corrected chi connectivity index (χ0v) is 12.1. The molecule has 1 unspecified atom stereocenters. The Kier molecular flexibility index (Phi) is 6.12. The van der Waals surface area contributed by atoms with Gasteiger partial charge in [-0.3, -0.25) is 9.59 Å². The van der Waals surface area contributed by atoms with Crippen LogP contribution in [0, 0.1) is 5.92 Å². The van der Waals surface area contributed by atoms with Gasteiger partial charge in [0, 0.05) is 0 Å². The van der Waals surface area contributed by atoms with E-state index in [0.29, 0.717) is 16.5 Å². The van der Waals surface area contributed by atoms with E-state index < -0.39 is 17.9 Å². The molecule has 0 radical (unpaired) electrons. The molecular weight excluding hydrogens is 291 g/mol. The minimum absolute atomic E-state index is 0.0383. The van der Waals surface area contributed by atoms with Gasteiger partial charge in [-0.1, -0.05) is 29.3 Å². The summed E-state index contributed by atoms with van der Waals surface area (Å²) in [5.41, 5.74) is 0.800. The van der Waals surface area contributed by atoms with Gasteiger partial charge >= 0.3 is 11.9 Å². The summed E-state index contributed by atoms with van der Waals surface area (Å²) in [6.07, 6.45) is 0.294. The van der Waals surface area contributed by atoms with Gasteiger partial charge in [-0.05, 0) is 24.1 Å². The molecule has 4 nitrogen and oxygen atoms in total. The van der Waals surface area contributed by atoms with E-state index in [2.05, 4.69) is 9.47 Å². The van der Waals surface area contributed by atoms with Crippen LogP contribution in [0.15, 0.2) is 18.2 Å². The Bertz CT molecular complexity index is 474. The molecule has 0 amide bonds. The van der Waals surface area contributed by atoms with Crippen LogP contribution < -0.4 is 0 Å². The van der Waals surface area contributed by atoms with Crippen molar-refractivity contribution in [1.29, 1.82) is 0 Å². The smallest absolute Gasteiger partial charge is 0.309 e. The number of carbonyl (C=O) groups excluding carboxylic acids is 2. The predicted octanol–water partition coefficient (Wildman–Crippen LogP) is 2.89. The first kappa shape index (κ1) is 15.8. The summed E-state index contributed by atoms with van der Waals surface area (Å²) in [6, 6.07) is 5.06. The van der Waals surface area contributed by atoms with E-state index in [9.17, 15) is 9.59 Å². The molecule has 0 heterocycles. The number of rotatable bonds is 5. The molecule has 6 heteroatoms. The van der Waals surface area contributed by atoms with Gasteiger partial charge in [0.2, 0.25) is 0 Å². The maximum absolute atomic E-state index is 11.6. The fourth-order valence-corrected chi connectivity index (χ4v) is 1.96. The van der Waals surface area contributed by atoms with E-state index in [1.54, 1.807) is 18.2 Å². The Morgan fingerprint density at radius 2 is 1.84 bits per heavy atom. The minimum atomic E-state index is -0.602. The topological polar surface area (TPSA) is 52.6 Å². The van der Waals surface area contributed by atoms with Gasteiger partial charge in [0.1, 0.15) is 0 Å². The van der Waals surface area contributed by atoms with E-state index in [0.717, 1.165) is 5.56 Å². The molecule has 0 aliphatic heterocycles. The highest BCUT2D eigenvalue weighted by atomic mass is 35.5. The molecule has 0 aromatic heterocycles. The summed E-state index contributed by atoms with van der Waals surface area (Å²) in [5.74, 6) is -1.53. The molecule has 0 spiro atoms. The number of ether oxygens (including phenoxy) is 2. The lowest BCUT2D eigenvalue weighted by molar-refractivity contribution is -0.151. The van der Waals surface area contributed by atoms with Crippen LogP contribution in [-0.4, -0.2) is 26.2 Å². The Hall–Kier alpha value is -1.26. The van der Waals surface area contributed by atoms with Gasteiger partial charge in [0.25, 0.3) is 0 Å². The maximum atomic E-state index is 11.6. The van der Waals surface area contributed by atoms with Gasteiger partial charge in [-0.25, -0.2) is 0 Å². The molecule has 1 rings (SSSR count). The summed E-state index contributed by atoms with van der Waals surface area (Å²) in [5, 5.41) is 0.842. The van der Waals surface area contributed by atoms with Gasteiger partial charge in [0.05, 0.1) is 36.6 Å². The van der Waals surface area contributed by atoms with E-state index in [-0.39, 0.29) is 6.42 Å². The van der Waals surface area contributed by atoms with Crippen LogP contribution >= 0.6 is 23.2 Å². The molecule has 0 fully saturated rings. The molecule has 1 aromatic rings. The Morgan fingerprint density at radius 3 is 2.37 bits per heavy atom. The number of methoxy groups -OCH3 is 2. The number of hydrogen-bond donors (Lipinski definition) is 0. The Labute approximate surface area is 121 Å². The molecular formula is C13H14Cl2O4. The molecule has 0 saturated heterocycles. The minimum Gasteiger partial charge on any atom is -0.469 e. The lowest BCUT2D eigenvalue weighted by Gasteiger charge is -2.13. The summed E-state index contributed by atoms with van der Waals surface area (Å²) in [4.78, 5) is 22.9. The molecule has 1 aromatic carbocycles. The molecule has 0 N–H and O–H groups in total. The standard InChI is InChI=1S/C13H14Cl2O4/c1-18-12(16)7-9(13(17)19-2)5-8-3-4-10(14)11(15)6-8/h3-4,6,9H,5,7H2,1-2H3. The summed E-state index contributed by atoms with van der Waals surface area (Å²) in [6.45, 7) is 0. The molecule has 0 aliphatic rings. The predicted molar refractivity (Wildman–Crippen MR) is 72.3 cm³/mol.